The molecule has 58 valence electrons. The number of rotatable bonds is 4. The molecule has 1 atom stereocenters. The summed E-state index contributed by atoms with van der Waals surface area (Å²) in [7, 11) is 0. The summed E-state index contributed by atoms with van der Waals surface area (Å²) >= 11 is 5.38. The van der Waals surface area contributed by atoms with Crippen LogP contribution in [0.5, 0.6) is 0 Å². The standard InChI is InChI=1S/C6H10ClNO2/c1-4(7)2-3-5(8)6(9)10/h5H,1-3,8H2,(H,9,10)/t5-/m1/s1. The first-order valence-corrected chi connectivity index (χ1v) is 3.23. The third kappa shape index (κ3) is 4.35. The van der Waals surface area contributed by atoms with Crippen molar-refractivity contribution in [3.63, 3.8) is 0 Å². The van der Waals surface area contributed by atoms with Gasteiger partial charge in [0.2, 0.25) is 0 Å². The molecule has 10 heavy (non-hydrogen) atoms. The predicted molar refractivity (Wildman–Crippen MR) is 39.8 cm³/mol. The van der Waals surface area contributed by atoms with Gasteiger partial charge in [0.05, 0.1) is 0 Å². The molecule has 0 aliphatic rings. The minimum atomic E-state index is -1.00. The van der Waals surface area contributed by atoms with Crippen molar-refractivity contribution in [1.29, 1.82) is 0 Å². The molecule has 3 N–H and O–H groups in total. The van der Waals surface area contributed by atoms with Crippen molar-refractivity contribution in [1.82, 2.24) is 0 Å². The van der Waals surface area contributed by atoms with Crippen molar-refractivity contribution >= 4 is 17.6 Å². The topological polar surface area (TPSA) is 63.3 Å². The quantitative estimate of drug-likeness (QED) is 0.648. The number of hydrogen-bond acceptors (Lipinski definition) is 2. The molecule has 0 saturated carbocycles. The minimum absolute atomic E-state index is 0.345. The molecule has 0 unspecified atom stereocenters. The fourth-order valence-electron chi connectivity index (χ4n) is 0.436. The molecule has 0 spiro atoms. The number of aliphatic carboxylic acids is 1. The highest BCUT2D eigenvalue weighted by atomic mass is 35.5. The normalized spacial score (nSPS) is 12.6. The summed E-state index contributed by atoms with van der Waals surface area (Å²) in [6.45, 7) is 3.40. The van der Waals surface area contributed by atoms with Crippen LogP contribution in [0.3, 0.4) is 0 Å². The lowest BCUT2D eigenvalue weighted by Gasteiger charge is -2.03. The zero-order valence-corrected chi connectivity index (χ0v) is 6.27. The van der Waals surface area contributed by atoms with Crippen LogP contribution in [0.1, 0.15) is 12.8 Å². The summed E-state index contributed by atoms with van der Waals surface area (Å²) < 4.78 is 0. The van der Waals surface area contributed by atoms with E-state index in [0.717, 1.165) is 0 Å². The lowest BCUT2D eigenvalue weighted by molar-refractivity contribution is -0.138. The van der Waals surface area contributed by atoms with Gasteiger partial charge in [-0.25, -0.2) is 0 Å². The molecule has 0 aliphatic carbocycles. The van der Waals surface area contributed by atoms with E-state index < -0.39 is 12.0 Å². The van der Waals surface area contributed by atoms with Crippen LogP contribution in [0.15, 0.2) is 11.6 Å². The maximum Gasteiger partial charge on any atom is 0.320 e. The average molecular weight is 164 g/mol. The van der Waals surface area contributed by atoms with Gasteiger partial charge in [-0.1, -0.05) is 18.2 Å². The Hall–Kier alpha value is -0.540. The third-order valence-electron chi connectivity index (χ3n) is 1.04. The van der Waals surface area contributed by atoms with Gasteiger partial charge in [-0.15, -0.1) is 0 Å². The average Bonchev–Trinajstić information content (AvgIpc) is 1.82. The van der Waals surface area contributed by atoms with Gasteiger partial charge in [-0.05, 0) is 12.8 Å². The van der Waals surface area contributed by atoms with E-state index in [1.807, 2.05) is 0 Å². The molecular weight excluding hydrogens is 154 g/mol. The van der Waals surface area contributed by atoms with E-state index in [4.69, 9.17) is 22.4 Å². The molecule has 4 heteroatoms. The van der Waals surface area contributed by atoms with E-state index in [1.54, 1.807) is 0 Å². The molecule has 0 rings (SSSR count). The molecule has 0 aromatic heterocycles. The summed E-state index contributed by atoms with van der Waals surface area (Å²) in [6, 6.07) is -0.824. The molecule has 0 amide bonds. The smallest absolute Gasteiger partial charge is 0.320 e. The van der Waals surface area contributed by atoms with Crippen LogP contribution < -0.4 is 5.73 Å². The summed E-state index contributed by atoms with van der Waals surface area (Å²) in [5.41, 5.74) is 5.17. The second kappa shape index (κ2) is 4.30. The largest absolute Gasteiger partial charge is 0.480 e. The van der Waals surface area contributed by atoms with Gasteiger partial charge in [-0.3, -0.25) is 4.79 Å². The van der Waals surface area contributed by atoms with E-state index in [2.05, 4.69) is 6.58 Å². The lowest BCUT2D eigenvalue weighted by Crippen LogP contribution is -2.29. The van der Waals surface area contributed by atoms with Gasteiger partial charge in [-0.2, -0.15) is 0 Å². The van der Waals surface area contributed by atoms with Crippen LogP contribution >= 0.6 is 11.6 Å². The summed E-state index contributed by atoms with van der Waals surface area (Å²) in [4.78, 5) is 10.1. The molecule has 0 fully saturated rings. The van der Waals surface area contributed by atoms with E-state index in [9.17, 15) is 4.79 Å². The molecule has 0 radical (unpaired) electrons. The van der Waals surface area contributed by atoms with E-state index in [1.165, 1.54) is 0 Å². The first-order valence-electron chi connectivity index (χ1n) is 2.85. The van der Waals surface area contributed by atoms with Gasteiger partial charge in [0.15, 0.2) is 0 Å². The third-order valence-corrected chi connectivity index (χ3v) is 1.23. The monoisotopic (exact) mass is 163 g/mol. The van der Waals surface area contributed by atoms with Crippen molar-refractivity contribution in [3.05, 3.63) is 11.6 Å². The summed E-state index contributed by atoms with van der Waals surface area (Å²) in [5, 5.41) is 8.74. The second-order valence-corrected chi connectivity index (χ2v) is 2.54. The summed E-state index contributed by atoms with van der Waals surface area (Å²) in [5.74, 6) is -1.00. The van der Waals surface area contributed by atoms with Crippen molar-refractivity contribution in [3.8, 4) is 0 Å². The lowest BCUT2D eigenvalue weighted by atomic mass is 10.2. The number of allylic oxidation sites excluding steroid dienone is 1. The molecule has 0 bridgehead atoms. The Morgan fingerprint density at radius 2 is 2.30 bits per heavy atom. The van der Waals surface area contributed by atoms with Crippen molar-refractivity contribution in [2.45, 2.75) is 18.9 Å². The number of carbonyl (C=O) groups is 1. The van der Waals surface area contributed by atoms with Crippen LogP contribution in [-0.2, 0) is 4.79 Å². The first kappa shape index (κ1) is 9.46. The number of halogens is 1. The van der Waals surface area contributed by atoms with E-state index in [-0.39, 0.29) is 0 Å². The predicted octanol–water partition coefficient (Wildman–Crippen LogP) is 0.931. The Bertz CT molecular complexity index is 147. The van der Waals surface area contributed by atoms with E-state index >= 15 is 0 Å². The molecule has 0 aromatic carbocycles. The van der Waals surface area contributed by atoms with Gasteiger partial charge in [0.25, 0.3) is 0 Å². The Morgan fingerprint density at radius 1 is 1.80 bits per heavy atom. The van der Waals surface area contributed by atoms with Gasteiger partial charge >= 0.3 is 5.97 Å². The zero-order chi connectivity index (χ0) is 8.15. The Kier molecular flexibility index (Phi) is 4.07. The first-order chi connectivity index (χ1) is 4.54. The highest BCUT2D eigenvalue weighted by Gasteiger charge is 2.10. The maximum absolute atomic E-state index is 10.1. The number of carboxylic acids is 1. The van der Waals surface area contributed by atoms with Crippen LogP contribution in [0.2, 0.25) is 0 Å². The molecule has 0 heterocycles. The fraction of sp³-hybridized carbons (Fsp3) is 0.500. The molecule has 0 aliphatic heterocycles. The number of hydrogen-bond donors (Lipinski definition) is 2. The van der Waals surface area contributed by atoms with Crippen molar-refractivity contribution < 1.29 is 9.90 Å². The molecule has 3 nitrogen and oxygen atoms in total. The molecule has 0 saturated heterocycles. The minimum Gasteiger partial charge on any atom is -0.480 e. The van der Waals surface area contributed by atoms with Crippen LogP contribution in [-0.4, -0.2) is 17.1 Å². The van der Waals surface area contributed by atoms with Gasteiger partial charge < -0.3 is 10.8 Å². The number of nitrogens with two attached hydrogens (primary N) is 1. The molecule has 0 aromatic rings. The van der Waals surface area contributed by atoms with Crippen LogP contribution in [0, 0.1) is 0 Å². The summed E-state index contributed by atoms with van der Waals surface area (Å²) in [6.07, 6.45) is 0.798. The van der Waals surface area contributed by atoms with Gasteiger partial charge in [0, 0.05) is 5.03 Å². The highest BCUT2D eigenvalue weighted by molar-refractivity contribution is 6.29. The Morgan fingerprint density at radius 3 is 2.60 bits per heavy atom. The van der Waals surface area contributed by atoms with Gasteiger partial charge in [0.1, 0.15) is 6.04 Å². The second-order valence-electron chi connectivity index (χ2n) is 2.00. The highest BCUT2D eigenvalue weighted by Crippen LogP contribution is 2.07. The maximum atomic E-state index is 10.1. The van der Waals surface area contributed by atoms with Crippen molar-refractivity contribution in [2.75, 3.05) is 0 Å². The van der Waals surface area contributed by atoms with E-state index in [0.29, 0.717) is 17.9 Å². The van der Waals surface area contributed by atoms with Crippen LogP contribution in [0.4, 0.5) is 0 Å². The zero-order valence-electron chi connectivity index (χ0n) is 5.51. The fourth-order valence-corrected chi connectivity index (χ4v) is 0.545. The Balaban J connectivity index is 3.49. The van der Waals surface area contributed by atoms with Crippen LogP contribution in [0.25, 0.3) is 0 Å². The SMILES string of the molecule is C=C(Cl)CC[C@@H](N)C(=O)O. The van der Waals surface area contributed by atoms with Crippen molar-refractivity contribution in [2.24, 2.45) is 5.73 Å². The molecular formula is C6H10ClNO2. The number of carboxylic acid groups (broad SMARTS) is 1. The Labute approximate surface area is 64.5 Å².